The summed E-state index contributed by atoms with van der Waals surface area (Å²) in [5, 5.41) is 0. The van der Waals surface area contributed by atoms with E-state index in [1.807, 2.05) is 11.8 Å². The molecule has 0 saturated carbocycles. The summed E-state index contributed by atoms with van der Waals surface area (Å²) in [5.41, 5.74) is 8.17. The second kappa shape index (κ2) is 5.42. The average Bonchev–Trinajstić information content (AvgIpc) is 2.15. The highest BCUT2D eigenvalue weighted by Gasteiger charge is 2.00. The molecule has 0 radical (unpaired) electrons. The normalized spacial score (nSPS) is 10.9. The van der Waals surface area contributed by atoms with Crippen LogP contribution in [0, 0.1) is 12.8 Å². The highest BCUT2D eigenvalue weighted by Crippen LogP contribution is 2.23. The van der Waals surface area contributed by atoms with Crippen LogP contribution in [0.2, 0.25) is 0 Å². The van der Waals surface area contributed by atoms with E-state index in [4.69, 9.17) is 5.73 Å². The third kappa shape index (κ3) is 3.35. The molecule has 1 rings (SSSR count). The zero-order chi connectivity index (χ0) is 10.6. The van der Waals surface area contributed by atoms with Gasteiger partial charge < -0.3 is 5.73 Å². The number of rotatable bonds is 4. The van der Waals surface area contributed by atoms with Gasteiger partial charge in [0.05, 0.1) is 0 Å². The van der Waals surface area contributed by atoms with Gasteiger partial charge in [0.2, 0.25) is 0 Å². The number of thioether (sulfide) groups is 1. The Bertz CT molecular complexity index is 294. The van der Waals surface area contributed by atoms with Crippen LogP contribution in [0.5, 0.6) is 0 Å². The van der Waals surface area contributed by atoms with Gasteiger partial charge in [0, 0.05) is 17.2 Å². The van der Waals surface area contributed by atoms with Gasteiger partial charge in [-0.15, -0.1) is 11.8 Å². The molecule has 0 fully saturated rings. The molecular formula is C12H19NS. The molecule has 0 saturated heterocycles. The predicted molar refractivity (Wildman–Crippen MR) is 64.6 cm³/mol. The molecule has 1 nitrogen and oxygen atoms in total. The van der Waals surface area contributed by atoms with Crippen molar-refractivity contribution in [3.63, 3.8) is 0 Å². The van der Waals surface area contributed by atoms with E-state index in [-0.39, 0.29) is 0 Å². The summed E-state index contributed by atoms with van der Waals surface area (Å²) < 4.78 is 0. The Labute approximate surface area is 91.1 Å². The van der Waals surface area contributed by atoms with Crippen molar-refractivity contribution in [1.82, 2.24) is 0 Å². The molecule has 0 amide bonds. The van der Waals surface area contributed by atoms with E-state index in [0.717, 1.165) is 5.92 Å². The van der Waals surface area contributed by atoms with E-state index in [1.54, 1.807) is 0 Å². The van der Waals surface area contributed by atoms with Crippen LogP contribution in [0.4, 0.5) is 0 Å². The predicted octanol–water partition coefficient (Wildman–Crippen LogP) is 3.20. The molecule has 0 aliphatic heterocycles. The van der Waals surface area contributed by atoms with Gasteiger partial charge in [-0.1, -0.05) is 19.9 Å². The van der Waals surface area contributed by atoms with Crippen LogP contribution in [-0.4, -0.2) is 5.75 Å². The van der Waals surface area contributed by atoms with E-state index in [0.29, 0.717) is 6.54 Å². The van der Waals surface area contributed by atoms with Crippen molar-refractivity contribution in [1.29, 1.82) is 0 Å². The van der Waals surface area contributed by atoms with Crippen LogP contribution < -0.4 is 5.73 Å². The van der Waals surface area contributed by atoms with Gasteiger partial charge in [-0.2, -0.15) is 0 Å². The smallest absolute Gasteiger partial charge is 0.0180 e. The Morgan fingerprint density at radius 2 is 2.07 bits per heavy atom. The Morgan fingerprint density at radius 3 is 2.57 bits per heavy atom. The van der Waals surface area contributed by atoms with Crippen molar-refractivity contribution in [2.24, 2.45) is 11.7 Å². The van der Waals surface area contributed by atoms with Gasteiger partial charge in [0.15, 0.2) is 0 Å². The van der Waals surface area contributed by atoms with Gasteiger partial charge in [-0.3, -0.25) is 0 Å². The third-order valence-corrected chi connectivity index (χ3v) is 3.54. The molecule has 2 heteroatoms. The first-order valence-electron chi connectivity index (χ1n) is 5.06. The third-order valence-electron chi connectivity index (χ3n) is 2.12. The minimum atomic E-state index is 0.640. The molecule has 1 aromatic carbocycles. The SMILES string of the molecule is Cc1cc(SCC(C)C)ccc1CN. The Kier molecular flexibility index (Phi) is 4.49. The maximum Gasteiger partial charge on any atom is 0.0180 e. The molecular weight excluding hydrogens is 190 g/mol. The molecule has 0 aliphatic carbocycles. The van der Waals surface area contributed by atoms with Crippen molar-refractivity contribution in [2.45, 2.75) is 32.2 Å². The number of nitrogens with two attached hydrogens (primary N) is 1. The highest BCUT2D eigenvalue weighted by molar-refractivity contribution is 7.99. The van der Waals surface area contributed by atoms with Crippen molar-refractivity contribution < 1.29 is 0 Å². The summed E-state index contributed by atoms with van der Waals surface area (Å²) in [7, 11) is 0. The quantitative estimate of drug-likeness (QED) is 0.771. The fourth-order valence-electron chi connectivity index (χ4n) is 1.25. The van der Waals surface area contributed by atoms with E-state index in [9.17, 15) is 0 Å². The molecule has 0 unspecified atom stereocenters. The first-order chi connectivity index (χ1) is 6.63. The lowest BCUT2D eigenvalue weighted by Crippen LogP contribution is -1.99. The molecule has 0 atom stereocenters. The minimum absolute atomic E-state index is 0.640. The van der Waals surface area contributed by atoms with Gasteiger partial charge >= 0.3 is 0 Å². The molecule has 14 heavy (non-hydrogen) atoms. The molecule has 0 bridgehead atoms. The Balaban J connectivity index is 2.66. The maximum atomic E-state index is 5.62. The van der Waals surface area contributed by atoms with Gasteiger partial charge in [-0.25, -0.2) is 0 Å². The maximum absolute atomic E-state index is 5.62. The number of hydrogen-bond acceptors (Lipinski definition) is 2. The Morgan fingerprint density at radius 1 is 1.36 bits per heavy atom. The molecule has 0 spiro atoms. The van der Waals surface area contributed by atoms with Crippen LogP contribution >= 0.6 is 11.8 Å². The molecule has 78 valence electrons. The van der Waals surface area contributed by atoms with Gasteiger partial charge in [0.1, 0.15) is 0 Å². The van der Waals surface area contributed by atoms with Crippen LogP contribution in [0.1, 0.15) is 25.0 Å². The average molecular weight is 209 g/mol. The van der Waals surface area contributed by atoms with Gasteiger partial charge in [0.25, 0.3) is 0 Å². The lowest BCUT2D eigenvalue weighted by Gasteiger charge is -2.07. The summed E-state index contributed by atoms with van der Waals surface area (Å²) in [4.78, 5) is 1.36. The summed E-state index contributed by atoms with van der Waals surface area (Å²) in [6.45, 7) is 7.25. The number of hydrogen-bond donors (Lipinski definition) is 1. The van der Waals surface area contributed by atoms with E-state index >= 15 is 0 Å². The summed E-state index contributed by atoms with van der Waals surface area (Å²) in [5.74, 6) is 1.93. The fraction of sp³-hybridized carbons (Fsp3) is 0.500. The van der Waals surface area contributed by atoms with Crippen molar-refractivity contribution in [3.8, 4) is 0 Å². The van der Waals surface area contributed by atoms with Crippen LogP contribution in [0.25, 0.3) is 0 Å². The largest absolute Gasteiger partial charge is 0.326 e. The fourth-order valence-corrected chi connectivity index (χ4v) is 2.20. The minimum Gasteiger partial charge on any atom is -0.326 e. The molecule has 0 heterocycles. The van der Waals surface area contributed by atoms with E-state index in [1.165, 1.54) is 21.8 Å². The highest BCUT2D eigenvalue weighted by atomic mass is 32.2. The van der Waals surface area contributed by atoms with Crippen molar-refractivity contribution in [2.75, 3.05) is 5.75 Å². The molecule has 2 N–H and O–H groups in total. The number of benzene rings is 1. The zero-order valence-corrected chi connectivity index (χ0v) is 10.0. The van der Waals surface area contributed by atoms with E-state index in [2.05, 4.69) is 39.0 Å². The topological polar surface area (TPSA) is 26.0 Å². The number of aryl methyl sites for hydroxylation is 1. The van der Waals surface area contributed by atoms with Crippen LogP contribution in [0.15, 0.2) is 23.1 Å². The summed E-state index contributed by atoms with van der Waals surface area (Å²) in [6, 6.07) is 6.54. The van der Waals surface area contributed by atoms with Crippen molar-refractivity contribution in [3.05, 3.63) is 29.3 Å². The van der Waals surface area contributed by atoms with Crippen molar-refractivity contribution >= 4 is 11.8 Å². The second-order valence-corrected chi connectivity index (χ2v) is 5.09. The second-order valence-electron chi connectivity index (χ2n) is 4.00. The molecule has 0 aliphatic rings. The van der Waals surface area contributed by atoms with E-state index < -0.39 is 0 Å². The zero-order valence-electron chi connectivity index (χ0n) is 9.21. The first kappa shape index (κ1) is 11.6. The molecule has 1 aromatic rings. The lowest BCUT2D eigenvalue weighted by atomic mass is 10.1. The van der Waals surface area contributed by atoms with Crippen LogP contribution in [-0.2, 0) is 6.54 Å². The monoisotopic (exact) mass is 209 g/mol. The standard InChI is InChI=1S/C12H19NS/c1-9(2)8-14-12-5-4-11(7-13)10(3)6-12/h4-6,9H,7-8,13H2,1-3H3. The lowest BCUT2D eigenvalue weighted by molar-refractivity contribution is 0.750. The first-order valence-corrected chi connectivity index (χ1v) is 6.04. The summed E-state index contributed by atoms with van der Waals surface area (Å²) in [6.07, 6.45) is 0. The van der Waals surface area contributed by atoms with Gasteiger partial charge in [-0.05, 0) is 36.1 Å². The summed E-state index contributed by atoms with van der Waals surface area (Å²) >= 11 is 1.92. The molecule has 0 aromatic heterocycles. The Hall–Kier alpha value is -0.470. The van der Waals surface area contributed by atoms with Crippen LogP contribution in [0.3, 0.4) is 0 Å².